The molecule has 0 fully saturated rings. The van der Waals surface area contributed by atoms with Gasteiger partial charge in [0.1, 0.15) is 0 Å². The molecule has 0 unspecified atom stereocenters. The van der Waals surface area contributed by atoms with Crippen molar-refractivity contribution in [2.45, 2.75) is 12.1 Å². The Bertz CT molecular complexity index is 454. The standard InChI is InChI=1S/C12H16N4/c13-10-4-1-8(2-5-10)9-3-6-11(14)12(15,16)7-9/h1-6H,7,13-16H2/p+1. The van der Waals surface area contributed by atoms with Crippen molar-refractivity contribution in [2.75, 3.05) is 5.73 Å². The van der Waals surface area contributed by atoms with Gasteiger partial charge in [0.2, 0.25) is 0 Å². The third-order valence-electron chi connectivity index (χ3n) is 2.83. The van der Waals surface area contributed by atoms with Gasteiger partial charge in [-0.1, -0.05) is 18.2 Å². The van der Waals surface area contributed by atoms with Crippen molar-refractivity contribution in [1.82, 2.24) is 0 Å². The van der Waals surface area contributed by atoms with Gasteiger partial charge in [-0.3, -0.25) is 5.73 Å². The lowest BCUT2D eigenvalue weighted by atomic mass is 9.89. The van der Waals surface area contributed by atoms with E-state index in [1.54, 1.807) is 0 Å². The average molecular weight is 217 g/mol. The topological polar surface area (TPSA) is 106 Å². The number of hydrogen-bond acceptors (Lipinski definition) is 3. The Morgan fingerprint density at radius 1 is 1.06 bits per heavy atom. The first-order chi connectivity index (χ1) is 7.49. The van der Waals surface area contributed by atoms with Gasteiger partial charge in [0, 0.05) is 12.1 Å². The van der Waals surface area contributed by atoms with Crippen molar-refractivity contribution in [3.05, 3.63) is 47.7 Å². The first kappa shape index (κ1) is 10.7. The maximum absolute atomic E-state index is 6.01. The van der Waals surface area contributed by atoms with Gasteiger partial charge in [-0.2, -0.15) is 0 Å². The quantitative estimate of drug-likeness (QED) is 0.386. The van der Waals surface area contributed by atoms with Crippen LogP contribution in [0.25, 0.3) is 5.57 Å². The molecule has 0 amide bonds. The van der Waals surface area contributed by atoms with Crippen molar-refractivity contribution >= 4 is 11.3 Å². The fourth-order valence-electron chi connectivity index (χ4n) is 1.75. The minimum atomic E-state index is -0.703. The van der Waals surface area contributed by atoms with Gasteiger partial charge in [-0.05, 0) is 29.3 Å². The molecule has 0 bridgehead atoms. The zero-order valence-electron chi connectivity index (χ0n) is 9.11. The molecule has 1 aliphatic rings. The van der Waals surface area contributed by atoms with Crippen molar-refractivity contribution in [3.63, 3.8) is 0 Å². The summed E-state index contributed by atoms with van der Waals surface area (Å²) >= 11 is 0. The van der Waals surface area contributed by atoms with Gasteiger partial charge in [0.25, 0.3) is 0 Å². The van der Waals surface area contributed by atoms with Crippen LogP contribution in [0.4, 0.5) is 5.69 Å². The molecule has 0 saturated heterocycles. The lowest BCUT2D eigenvalue weighted by Crippen LogP contribution is -2.80. The van der Waals surface area contributed by atoms with E-state index < -0.39 is 5.66 Å². The average Bonchev–Trinajstić information content (AvgIpc) is 2.23. The van der Waals surface area contributed by atoms with Gasteiger partial charge in [0.05, 0.1) is 5.70 Å². The number of benzene rings is 1. The fourth-order valence-corrected chi connectivity index (χ4v) is 1.75. The van der Waals surface area contributed by atoms with E-state index in [1.807, 2.05) is 36.4 Å². The molecule has 1 aromatic carbocycles. The molecule has 0 aromatic heterocycles. The SMILES string of the molecule is NC1=CC=C(c2ccc(N)cc2)C[C@]1(N)[NH3+]. The summed E-state index contributed by atoms with van der Waals surface area (Å²) in [7, 11) is 0. The van der Waals surface area contributed by atoms with Gasteiger partial charge >= 0.3 is 0 Å². The molecule has 4 nitrogen and oxygen atoms in total. The number of allylic oxidation sites excluding steroid dienone is 2. The normalized spacial score (nSPS) is 24.9. The Hall–Kier alpha value is -1.78. The highest BCUT2D eigenvalue weighted by Crippen LogP contribution is 2.27. The van der Waals surface area contributed by atoms with Crippen LogP contribution in [-0.4, -0.2) is 5.66 Å². The number of nitrogen functional groups attached to an aromatic ring is 1. The summed E-state index contributed by atoms with van der Waals surface area (Å²) in [6, 6.07) is 7.71. The van der Waals surface area contributed by atoms with E-state index in [9.17, 15) is 0 Å². The van der Waals surface area contributed by atoms with E-state index in [0.717, 1.165) is 16.8 Å². The predicted octanol–water partition coefficient (Wildman–Crippen LogP) is -0.205. The first-order valence-electron chi connectivity index (χ1n) is 5.16. The fraction of sp³-hybridized carbons (Fsp3) is 0.167. The van der Waals surface area contributed by atoms with Crippen LogP contribution in [0.15, 0.2) is 42.1 Å². The first-order valence-corrected chi connectivity index (χ1v) is 5.16. The molecule has 0 radical (unpaired) electrons. The monoisotopic (exact) mass is 217 g/mol. The Morgan fingerprint density at radius 3 is 2.25 bits per heavy atom. The summed E-state index contributed by atoms with van der Waals surface area (Å²) in [4.78, 5) is 0. The summed E-state index contributed by atoms with van der Waals surface area (Å²) < 4.78 is 0. The van der Waals surface area contributed by atoms with Crippen LogP contribution in [0.1, 0.15) is 12.0 Å². The van der Waals surface area contributed by atoms with E-state index in [4.69, 9.17) is 17.2 Å². The highest BCUT2D eigenvalue weighted by molar-refractivity contribution is 5.71. The number of nitrogens with two attached hydrogens (primary N) is 3. The number of hydrogen-bond donors (Lipinski definition) is 4. The van der Waals surface area contributed by atoms with Crippen molar-refractivity contribution in [1.29, 1.82) is 0 Å². The predicted molar refractivity (Wildman–Crippen MR) is 65.5 cm³/mol. The van der Waals surface area contributed by atoms with Crippen LogP contribution in [0.3, 0.4) is 0 Å². The Balaban J connectivity index is 2.34. The molecule has 0 saturated carbocycles. The lowest BCUT2D eigenvalue weighted by Gasteiger charge is -2.25. The van der Waals surface area contributed by atoms with Crippen LogP contribution in [0.2, 0.25) is 0 Å². The van der Waals surface area contributed by atoms with Crippen LogP contribution in [0.5, 0.6) is 0 Å². The third-order valence-corrected chi connectivity index (χ3v) is 2.83. The van der Waals surface area contributed by atoms with Crippen LogP contribution in [-0.2, 0) is 0 Å². The molecule has 0 heterocycles. The largest absolute Gasteiger partial charge is 0.399 e. The minimum absolute atomic E-state index is 0.617. The zero-order valence-corrected chi connectivity index (χ0v) is 9.11. The molecule has 1 atom stereocenters. The van der Waals surface area contributed by atoms with E-state index in [0.29, 0.717) is 12.1 Å². The van der Waals surface area contributed by atoms with Crippen LogP contribution in [0, 0.1) is 0 Å². The molecule has 16 heavy (non-hydrogen) atoms. The molecule has 1 aromatic rings. The number of rotatable bonds is 1. The number of anilines is 1. The minimum Gasteiger partial charge on any atom is -0.399 e. The lowest BCUT2D eigenvalue weighted by molar-refractivity contribution is -0.460. The second kappa shape index (κ2) is 3.66. The smallest absolute Gasteiger partial charge is 0.190 e. The maximum Gasteiger partial charge on any atom is 0.190 e. The van der Waals surface area contributed by atoms with Crippen molar-refractivity contribution < 1.29 is 5.73 Å². The molecule has 0 spiro atoms. The van der Waals surface area contributed by atoms with Crippen molar-refractivity contribution in [2.24, 2.45) is 11.5 Å². The summed E-state index contributed by atoms with van der Waals surface area (Å²) in [6.45, 7) is 0. The van der Waals surface area contributed by atoms with Crippen LogP contribution >= 0.6 is 0 Å². The molecule has 9 N–H and O–H groups in total. The third kappa shape index (κ3) is 1.93. The summed E-state index contributed by atoms with van der Waals surface area (Å²) in [5.74, 6) is 0. The van der Waals surface area contributed by atoms with E-state index in [2.05, 4.69) is 5.73 Å². The molecular weight excluding hydrogens is 200 g/mol. The van der Waals surface area contributed by atoms with Crippen LogP contribution < -0.4 is 22.9 Å². The second-order valence-corrected chi connectivity index (χ2v) is 4.27. The molecule has 4 heteroatoms. The summed E-state index contributed by atoms with van der Waals surface area (Å²) in [5, 5.41) is 0. The van der Waals surface area contributed by atoms with Gasteiger partial charge in [-0.15, -0.1) is 0 Å². The van der Waals surface area contributed by atoms with E-state index >= 15 is 0 Å². The van der Waals surface area contributed by atoms with Gasteiger partial charge in [-0.25, -0.2) is 0 Å². The Kier molecular flexibility index (Phi) is 2.46. The molecule has 0 aliphatic heterocycles. The highest BCUT2D eigenvalue weighted by Gasteiger charge is 2.31. The zero-order chi connectivity index (χ0) is 11.8. The van der Waals surface area contributed by atoms with E-state index in [-0.39, 0.29) is 0 Å². The van der Waals surface area contributed by atoms with Gasteiger partial charge in [0.15, 0.2) is 5.66 Å². The Morgan fingerprint density at radius 2 is 1.69 bits per heavy atom. The maximum atomic E-state index is 6.01. The highest BCUT2D eigenvalue weighted by atomic mass is 15.0. The molecule has 84 valence electrons. The summed E-state index contributed by atoms with van der Waals surface area (Å²) in [5.41, 5.74) is 24.3. The van der Waals surface area contributed by atoms with Crippen molar-refractivity contribution in [3.8, 4) is 0 Å². The molecule has 1 aliphatic carbocycles. The molecule has 2 rings (SSSR count). The number of quaternary nitrogens is 1. The summed E-state index contributed by atoms with van der Waals surface area (Å²) in [6.07, 6.45) is 4.44. The molecular formula is C12H17N4+. The van der Waals surface area contributed by atoms with E-state index in [1.165, 1.54) is 0 Å². The Labute approximate surface area is 94.6 Å². The second-order valence-electron chi connectivity index (χ2n) is 4.27. The van der Waals surface area contributed by atoms with Gasteiger partial charge < -0.3 is 17.2 Å².